The highest BCUT2D eigenvalue weighted by molar-refractivity contribution is 7.99. The Morgan fingerprint density at radius 2 is 0.535 bits per heavy atom. The van der Waals surface area contributed by atoms with Gasteiger partial charge in [-0.25, -0.2) is 0 Å². The van der Waals surface area contributed by atoms with Crippen LogP contribution in [0.15, 0.2) is 0 Å². The number of carbonyl (C=O) groups excluding carboxylic acids is 9. The lowest BCUT2D eigenvalue weighted by atomic mass is 10.0. The van der Waals surface area contributed by atoms with Crippen molar-refractivity contribution in [2.45, 2.75) is 384 Å². The van der Waals surface area contributed by atoms with Gasteiger partial charge in [0.25, 0.3) is 0 Å². The number of hydrogen-bond donors (Lipinski definition) is 14. The third-order valence-electron chi connectivity index (χ3n) is 18.9. The second-order valence-corrected chi connectivity index (χ2v) is 29.3. The van der Waals surface area contributed by atoms with Crippen LogP contribution < -0.4 is 71.2 Å². The molecular weight excluding hydrogens is 1300 g/mol. The van der Waals surface area contributed by atoms with Gasteiger partial charge in [-0.15, -0.1) is 0 Å². The predicted molar refractivity (Wildman–Crippen MR) is 414 cm³/mol. The van der Waals surface area contributed by atoms with E-state index >= 15 is 0 Å². The molecule has 0 saturated heterocycles. The first kappa shape index (κ1) is 96.4. The summed E-state index contributed by atoms with van der Waals surface area (Å²) in [6.45, 7) is 7.54. The van der Waals surface area contributed by atoms with Crippen LogP contribution in [0.1, 0.15) is 342 Å². The highest BCUT2D eigenvalue weighted by Gasteiger charge is 2.34. The highest BCUT2D eigenvalue weighted by atomic mass is 32.2. The summed E-state index contributed by atoms with van der Waals surface area (Å²) in [5, 5.41) is 33.2. The van der Waals surface area contributed by atoms with Gasteiger partial charge in [-0.3, -0.25) is 43.2 Å². The molecule has 24 heteroatoms. The smallest absolute Gasteiger partial charge is 0.245 e. The van der Waals surface area contributed by atoms with Gasteiger partial charge >= 0.3 is 0 Å². The minimum atomic E-state index is -1.61. The van der Waals surface area contributed by atoms with Crippen LogP contribution in [0.25, 0.3) is 0 Å². The number of hydrogen-bond acceptors (Lipinski definition) is 15. The summed E-state index contributed by atoms with van der Waals surface area (Å²) in [5.41, 5.74) is 28.8. The summed E-state index contributed by atoms with van der Waals surface area (Å²) in [5.74, 6) is -5.47. The van der Waals surface area contributed by atoms with Gasteiger partial charge < -0.3 is 76.3 Å². The molecule has 0 rings (SSSR count). The first-order chi connectivity index (χ1) is 49.1. The molecule has 0 radical (unpaired) electrons. The van der Waals surface area contributed by atoms with Gasteiger partial charge in [-0.2, -0.15) is 11.8 Å². The average Bonchev–Trinajstić information content (AvgIpc) is 0.880. The van der Waals surface area contributed by atoms with E-state index in [4.69, 9.17) is 28.7 Å². The maximum Gasteiger partial charge on any atom is 0.245 e. The fraction of sp³-hybridized carbons (Fsp3) is 0.883. The molecule has 0 bridgehead atoms. The Kier molecular flexibility index (Phi) is 66.5. The van der Waals surface area contributed by atoms with Crippen molar-refractivity contribution in [2.75, 3.05) is 50.8 Å². The van der Waals surface area contributed by atoms with Gasteiger partial charge in [-0.05, 0) is 122 Å². The topological polar surface area (TPSA) is 400 Å². The number of nitrogens with two attached hydrogens (primary N) is 5. The summed E-state index contributed by atoms with van der Waals surface area (Å²) < 4.78 is 0. The lowest BCUT2D eigenvalue weighted by Gasteiger charge is -2.27. The summed E-state index contributed by atoms with van der Waals surface area (Å²) in [4.78, 5) is 125. The van der Waals surface area contributed by atoms with E-state index < -0.39 is 84.3 Å². The number of primary amides is 1. The molecule has 0 aromatic rings. The molecule has 0 aliphatic rings. The predicted octanol–water partition coefficient (Wildman–Crippen LogP) is 10.1. The molecule has 0 spiro atoms. The number of nitrogens with one attached hydrogen (secondary N) is 8. The molecule has 0 aliphatic heterocycles. The minimum Gasteiger partial charge on any atom is -0.394 e. The standard InChI is InChI=1S/C77H151N13O10S/c1-4-7-10-13-16-19-22-23-24-27-30-33-36-47-58-83-72(95)67(84-69(92)52-37-34-31-28-25-20-17-14-11-8-5-2)60-101-61-68(85-70(93)53-38-35-32-29-26-21-18-15-12-9-6-3)77(100)90-66(59-91)76(99)89-65(51-42-46-57-81)75(98)88-64(50-41-45-56-80)74(97)87-63(49-40-44-55-79)73(96)86-62(71(82)94)48-39-43-54-78/h62-68,91H,4-61,78-81H2,1-3H3,(H2,82,94)(H,83,95)(H,84,92)(H,85,93)(H,86,96)(H,87,97)(H,88,98)(H,89,99)(H,90,100)/t62-,63-,64-,65-,66-,67+,68-/m0/s1. The first-order valence-electron chi connectivity index (χ1n) is 40.7. The van der Waals surface area contributed by atoms with Crippen molar-refractivity contribution in [3.05, 3.63) is 0 Å². The lowest BCUT2D eigenvalue weighted by Crippen LogP contribution is -2.60. The third kappa shape index (κ3) is 55.5. The molecule has 590 valence electrons. The van der Waals surface area contributed by atoms with Crippen molar-refractivity contribution in [1.82, 2.24) is 42.5 Å². The van der Waals surface area contributed by atoms with Gasteiger partial charge in [-0.1, -0.05) is 233 Å². The van der Waals surface area contributed by atoms with Gasteiger partial charge in [0.1, 0.15) is 42.3 Å². The van der Waals surface area contributed by atoms with Crippen LogP contribution in [0, 0.1) is 0 Å². The SMILES string of the molecule is CCCCCCCCCCCCCCCCNC(=O)[C@@H](CSC[C@H](NC(=O)CCCCCCCCCCCCC)C(=O)N[C@@H](CO)C(=O)N[C@@H](CCCCN)C(=O)N[C@@H](CCCCN)C(=O)N[C@@H](CCCCN)C(=O)N[C@@H](CCCCN)C(N)=O)NC(=O)CCCCCCCCCCCCC. The maximum absolute atomic E-state index is 14.5. The van der Waals surface area contributed by atoms with Crippen LogP contribution in [0.3, 0.4) is 0 Å². The van der Waals surface area contributed by atoms with Crippen molar-refractivity contribution in [2.24, 2.45) is 28.7 Å². The summed E-state index contributed by atoms with van der Waals surface area (Å²) in [7, 11) is 0. The fourth-order valence-electron chi connectivity index (χ4n) is 12.4. The van der Waals surface area contributed by atoms with Crippen LogP contribution >= 0.6 is 11.8 Å². The molecule has 19 N–H and O–H groups in total. The Labute approximate surface area is 616 Å². The largest absolute Gasteiger partial charge is 0.394 e. The summed E-state index contributed by atoms with van der Waals surface area (Å²) in [6.07, 6.45) is 46.4. The quantitative estimate of drug-likeness (QED) is 0.0252. The molecule has 0 aromatic heterocycles. The van der Waals surface area contributed by atoms with Crippen molar-refractivity contribution >= 4 is 64.9 Å². The van der Waals surface area contributed by atoms with E-state index in [1.807, 2.05) is 0 Å². The molecular formula is C77H151N13O10S. The monoisotopic (exact) mass is 1450 g/mol. The molecule has 0 fully saturated rings. The number of rotatable bonds is 74. The first-order valence-corrected chi connectivity index (χ1v) is 41.9. The van der Waals surface area contributed by atoms with E-state index in [-0.39, 0.29) is 74.3 Å². The van der Waals surface area contributed by atoms with Crippen LogP contribution in [0.2, 0.25) is 0 Å². The molecule has 101 heavy (non-hydrogen) atoms. The Hall–Kier alpha value is -4.62. The molecule has 0 unspecified atom stereocenters. The number of aliphatic hydroxyl groups excluding tert-OH is 1. The second kappa shape index (κ2) is 69.7. The normalized spacial score (nSPS) is 13.4. The zero-order valence-electron chi connectivity index (χ0n) is 64.0. The summed E-state index contributed by atoms with van der Waals surface area (Å²) >= 11 is 1.20. The van der Waals surface area contributed by atoms with Crippen molar-refractivity contribution in [1.29, 1.82) is 0 Å². The second-order valence-electron chi connectivity index (χ2n) is 28.3. The van der Waals surface area contributed by atoms with Gasteiger partial charge in [0.2, 0.25) is 53.2 Å². The van der Waals surface area contributed by atoms with Crippen LogP contribution in [0.5, 0.6) is 0 Å². The highest BCUT2D eigenvalue weighted by Crippen LogP contribution is 2.18. The van der Waals surface area contributed by atoms with Crippen LogP contribution in [-0.2, 0) is 43.2 Å². The van der Waals surface area contributed by atoms with Crippen molar-refractivity contribution < 1.29 is 48.3 Å². The zero-order chi connectivity index (χ0) is 74.6. The fourth-order valence-corrected chi connectivity index (χ4v) is 13.5. The van der Waals surface area contributed by atoms with E-state index in [0.717, 1.165) is 70.6 Å². The minimum absolute atomic E-state index is 0.0548. The Balaban J connectivity index is 6.63. The number of aliphatic hydroxyl groups is 1. The van der Waals surface area contributed by atoms with Crippen molar-refractivity contribution in [3.63, 3.8) is 0 Å². The van der Waals surface area contributed by atoms with E-state index in [1.54, 1.807) is 0 Å². The molecule has 0 aromatic carbocycles. The third-order valence-corrected chi connectivity index (χ3v) is 20.0. The molecule has 9 amide bonds. The maximum atomic E-state index is 14.5. The van der Waals surface area contributed by atoms with E-state index in [9.17, 15) is 48.3 Å². The average molecular weight is 1450 g/mol. The summed E-state index contributed by atoms with van der Waals surface area (Å²) in [6, 6.07) is -8.45. The Bertz CT molecular complexity index is 2100. The van der Waals surface area contributed by atoms with Gasteiger partial charge in [0.15, 0.2) is 0 Å². The molecule has 0 saturated carbocycles. The van der Waals surface area contributed by atoms with E-state index in [1.165, 1.54) is 159 Å². The molecule has 7 atom stereocenters. The molecule has 23 nitrogen and oxygen atoms in total. The number of thioether (sulfide) groups is 1. The number of carbonyl (C=O) groups is 9. The zero-order valence-corrected chi connectivity index (χ0v) is 64.8. The van der Waals surface area contributed by atoms with E-state index in [0.29, 0.717) is 90.4 Å². The Morgan fingerprint density at radius 3 is 0.832 bits per heavy atom. The molecule has 0 heterocycles. The number of unbranched alkanes of at least 4 members (excludes halogenated alkanes) is 37. The Morgan fingerprint density at radius 1 is 0.287 bits per heavy atom. The van der Waals surface area contributed by atoms with Crippen molar-refractivity contribution in [3.8, 4) is 0 Å². The van der Waals surface area contributed by atoms with Gasteiger partial charge in [0, 0.05) is 30.9 Å². The van der Waals surface area contributed by atoms with Crippen LogP contribution in [0.4, 0.5) is 0 Å². The number of amides is 9. The molecule has 0 aliphatic carbocycles. The van der Waals surface area contributed by atoms with Crippen LogP contribution in [-0.4, -0.2) is 151 Å². The lowest BCUT2D eigenvalue weighted by molar-refractivity contribution is -0.136. The van der Waals surface area contributed by atoms with E-state index in [2.05, 4.69) is 63.3 Å². The van der Waals surface area contributed by atoms with Gasteiger partial charge in [0.05, 0.1) is 6.61 Å².